The van der Waals surface area contributed by atoms with Crippen molar-refractivity contribution in [2.75, 3.05) is 24.9 Å². The molecule has 8 N–H and O–H groups in total. The summed E-state index contributed by atoms with van der Waals surface area (Å²) in [6.07, 6.45) is 1.45. The Balaban J connectivity index is 2.30. The monoisotopic (exact) mass is 804 g/mol. The number of aromatic nitrogens is 1. The average Bonchev–Trinajstić information content (AvgIpc) is 3.60. The Labute approximate surface area is 320 Å². The summed E-state index contributed by atoms with van der Waals surface area (Å²) in [5, 5.41) is 18.6. The molecule has 0 saturated carbocycles. The molecular weight excluding hydrogens is 750 g/mol. The minimum atomic E-state index is -4.57. The summed E-state index contributed by atoms with van der Waals surface area (Å²) >= 11 is 5.25. The number of thiazole rings is 1. The molecule has 1 heterocycles. The number of benzene rings is 1. The summed E-state index contributed by atoms with van der Waals surface area (Å²) in [6, 6.07) is 3.78. The standard InChI is InChI=1S/C34H54N5O11PS2/c1-7-21(4)13-31(42)39(6)27(20(2)3)17-28(40)33-38-26(18-53-33)32(43)36-24(14-22(5)34(44)50-35)15-23-10-11-29(48-19-49-51(45,46)47)25(16-23)37-30(41)9-8-12-52/h10-11,16,18,20-22,24,27-28,40,45-47H,7-9,12-15,17,19,35H2,1-6H3,(H2-,36,37,41,43,52)/p+1/t21-,22?,24+,27+,28+/m0/s1. The van der Waals surface area contributed by atoms with Crippen molar-refractivity contribution >= 4 is 61.5 Å². The molecule has 0 aliphatic heterocycles. The van der Waals surface area contributed by atoms with E-state index in [2.05, 4.69) is 37.6 Å². The molecule has 2 rings (SSSR count). The summed E-state index contributed by atoms with van der Waals surface area (Å²) < 4.78 is 9.91. The molecule has 53 heavy (non-hydrogen) atoms. The predicted octanol–water partition coefficient (Wildman–Crippen LogP) is 3.93. The third-order valence-electron chi connectivity index (χ3n) is 8.68. The lowest BCUT2D eigenvalue weighted by Crippen LogP contribution is -2.42. The van der Waals surface area contributed by atoms with Gasteiger partial charge in [0.2, 0.25) is 18.6 Å². The normalized spacial score (nSPS) is 14.5. The van der Waals surface area contributed by atoms with Crippen molar-refractivity contribution in [2.24, 2.45) is 23.7 Å². The smallest absolute Gasteiger partial charge is 0.461 e. The highest BCUT2D eigenvalue weighted by molar-refractivity contribution is 7.80. The summed E-state index contributed by atoms with van der Waals surface area (Å²) in [7, 11) is -2.83. The van der Waals surface area contributed by atoms with Crippen molar-refractivity contribution in [3.05, 3.63) is 39.8 Å². The van der Waals surface area contributed by atoms with Gasteiger partial charge in [-0.3, -0.25) is 19.2 Å². The Morgan fingerprint density at radius 3 is 2.42 bits per heavy atom. The van der Waals surface area contributed by atoms with Crippen molar-refractivity contribution in [1.29, 1.82) is 0 Å². The Hall–Kier alpha value is -2.93. The van der Waals surface area contributed by atoms with Crippen molar-refractivity contribution in [3.8, 4) is 5.75 Å². The number of thiol groups is 1. The lowest BCUT2D eigenvalue weighted by atomic mass is 9.95. The number of nitrogens with zero attached hydrogens (tertiary/aromatic N) is 2. The van der Waals surface area contributed by atoms with Crippen LogP contribution in [-0.2, 0) is 30.2 Å². The van der Waals surface area contributed by atoms with Crippen molar-refractivity contribution in [2.45, 2.75) is 97.8 Å². The maximum Gasteiger partial charge on any atom is 0.570 e. The molecule has 0 spiro atoms. The molecule has 0 saturated heterocycles. The molecule has 0 radical (unpaired) electrons. The van der Waals surface area contributed by atoms with Crippen LogP contribution in [0.5, 0.6) is 5.75 Å². The van der Waals surface area contributed by atoms with E-state index in [1.165, 1.54) is 11.4 Å². The molecule has 2 aromatic rings. The molecule has 1 aromatic carbocycles. The van der Waals surface area contributed by atoms with Gasteiger partial charge in [-0.1, -0.05) is 47.1 Å². The molecule has 298 valence electrons. The summed E-state index contributed by atoms with van der Waals surface area (Å²) in [4.78, 5) is 89.2. The van der Waals surface area contributed by atoms with E-state index in [1.807, 2.05) is 27.7 Å². The van der Waals surface area contributed by atoms with E-state index in [0.717, 1.165) is 17.8 Å². The highest BCUT2D eigenvalue weighted by Crippen LogP contribution is 2.45. The highest BCUT2D eigenvalue weighted by Gasteiger charge is 2.34. The molecule has 16 nitrogen and oxygen atoms in total. The largest absolute Gasteiger partial charge is 0.570 e. The zero-order valence-corrected chi connectivity index (χ0v) is 33.7. The molecule has 0 bridgehead atoms. The number of nitrogens with two attached hydrogens (primary N) is 1. The second-order valence-electron chi connectivity index (χ2n) is 13.4. The number of nitrogens with one attached hydrogen (secondary N) is 2. The summed E-state index contributed by atoms with van der Waals surface area (Å²) in [5.74, 6) is 3.70. The minimum absolute atomic E-state index is 0.00442. The van der Waals surface area contributed by atoms with Gasteiger partial charge in [-0.2, -0.15) is 33.2 Å². The SMILES string of the molecule is CC[C@H](C)CC(=O)N(C)[C@H](C[C@@H](O)c1nc(C(=O)N[C@@H](Cc2ccc(OCO[P+](O)(O)O)c(NC(=O)CCCS)c2)CC(C)C(=O)ON)cs1)C(C)C. The van der Waals surface area contributed by atoms with Crippen LogP contribution in [-0.4, -0.2) is 85.0 Å². The maximum absolute atomic E-state index is 13.5. The number of anilines is 1. The topological polar surface area (TPSA) is 243 Å². The molecule has 3 amide bonds. The fourth-order valence-electron chi connectivity index (χ4n) is 5.44. The number of aliphatic hydroxyl groups excluding tert-OH is 1. The van der Waals surface area contributed by atoms with Crippen molar-refractivity contribution < 1.29 is 53.1 Å². The van der Waals surface area contributed by atoms with Gasteiger partial charge in [-0.05, 0) is 54.5 Å². The minimum Gasteiger partial charge on any atom is -0.461 e. The average molecular weight is 805 g/mol. The van der Waals surface area contributed by atoms with Crippen molar-refractivity contribution in [3.63, 3.8) is 0 Å². The van der Waals surface area contributed by atoms with Crippen molar-refractivity contribution in [1.82, 2.24) is 15.2 Å². The van der Waals surface area contributed by atoms with Gasteiger partial charge in [0.1, 0.15) is 22.6 Å². The van der Waals surface area contributed by atoms with E-state index >= 15 is 0 Å². The first-order valence-electron chi connectivity index (χ1n) is 17.4. The van der Waals surface area contributed by atoms with Crippen LogP contribution < -0.4 is 21.3 Å². The molecular formula is C34H55N5O11PS2+. The van der Waals surface area contributed by atoms with E-state index in [0.29, 0.717) is 29.2 Å². The Morgan fingerprint density at radius 2 is 1.81 bits per heavy atom. The van der Waals surface area contributed by atoms with Crippen LogP contribution in [0.1, 0.15) is 100 Å². The van der Waals surface area contributed by atoms with Gasteiger partial charge in [0.25, 0.3) is 5.91 Å². The summed E-state index contributed by atoms with van der Waals surface area (Å²) in [5.41, 5.74) is 0.871. The van der Waals surface area contributed by atoms with Gasteiger partial charge in [-0.15, -0.1) is 15.9 Å². The summed E-state index contributed by atoms with van der Waals surface area (Å²) in [6.45, 7) is 8.89. The molecule has 0 aliphatic rings. The van der Waals surface area contributed by atoms with Gasteiger partial charge in [0.05, 0.1) is 11.6 Å². The van der Waals surface area contributed by atoms with Crippen LogP contribution in [0.25, 0.3) is 0 Å². The van der Waals surface area contributed by atoms with E-state index in [-0.39, 0.29) is 72.5 Å². The van der Waals surface area contributed by atoms with E-state index in [4.69, 9.17) is 25.3 Å². The number of carbonyl (C=O) groups excluding carboxylic acids is 4. The molecule has 19 heteroatoms. The van der Waals surface area contributed by atoms with Gasteiger partial charge in [-0.25, -0.2) is 4.98 Å². The predicted molar refractivity (Wildman–Crippen MR) is 204 cm³/mol. The first-order valence-corrected chi connectivity index (χ1v) is 20.4. The number of amides is 3. The zero-order chi connectivity index (χ0) is 39.9. The molecule has 0 aliphatic carbocycles. The quantitative estimate of drug-likeness (QED) is 0.0344. The lowest BCUT2D eigenvalue weighted by Gasteiger charge is -2.33. The fraction of sp³-hybridized carbons (Fsp3) is 0.618. The zero-order valence-electron chi connectivity index (χ0n) is 31.1. The number of hydrogen-bond acceptors (Lipinski definition) is 15. The number of aliphatic hydroxyl groups is 1. The van der Waals surface area contributed by atoms with Crippen LogP contribution in [0.3, 0.4) is 0 Å². The van der Waals surface area contributed by atoms with Crippen LogP contribution in [0.15, 0.2) is 23.6 Å². The number of rotatable bonds is 23. The number of hydrogen-bond donors (Lipinski definition) is 8. The number of ether oxygens (including phenoxy) is 1. The van der Waals surface area contributed by atoms with Crippen LogP contribution in [0, 0.1) is 17.8 Å². The van der Waals surface area contributed by atoms with Gasteiger partial charge < -0.3 is 30.2 Å². The molecule has 1 aromatic heterocycles. The third kappa shape index (κ3) is 16.1. The van der Waals surface area contributed by atoms with E-state index < -0.39 is 44.9 Å². The Morgan fingerprint density at radius 1 is 1.11 bits per heavy atom. The Kier molecular flexibility index (Phi) is 19.6. The molecule has 1 unspecified atom stereocenters. The van der Waals surface area contributed by atoms with Gasteiger partial charge in [0.15, 0.2) is 0 Å². The van der Waals surface area contributed by atoms with Gasteiger partial charge in [0, 0.05) is 43.8 Å². The third-order valence-corrected chi connectivity index (χ3v) is 10.4. The Bertz CT molecular complexity index is 1490. The second-order valence-corrected chi connectivity index (χ2v) is 16.0. The first kappa shape index (κ1) is 46.2. The number of carbonyl (C=O) groups is 4. The van der Waals surface area contributed by atoms with Gasteiger partial charge >= 0.3 is 14.1 Å². The first-order chi connectivity index (χ1) is 24.9. The van der Waals surface area contributed by atoms with E-state index in [1.54, 1.807) is 31.0 Å². The molecule has 0 fully saturated rings. The van der Waals surface area contributed by atoms with E-state index in [9.17, 15) is 24.3 Å². The second kappa shape index (κ2) is 22.4. The molecule has 5 atom stereocenters. The van der Waals surface area contributed by atoms with Crippen LogP contribution in [0.2, 0.25) is 0 Å². The highest BCUT2D eigenvalue weighted by atomic mass is 32.1. The maximum atomic E-state index is 13.5. The lowest BCUT2D eigenvalue weighted by molar-refractivity contribution is -0.149. The van der Waals surface area contributed by atoms with Crippen LogP contribution >= 0.6 is 32.1 Å². The van der Waals surface area contributed by atoms with Crippen LogP contribution in [0.4, 0.5) is 5.69 Å². The fourth-order valence-corrected chi connectivity index (χ4v) is 6.59.